The fraction of sp³-hybridized carbons (Fsp3) is 0.688. The van der Waals surface area contributed by atoms with Gasteiger partial charge in [-0.25, -0.2) is 12.1 Å². The first kappa shape index (κ1) is 33.7. The predicted octanol–water partition coefficient (Wildman–Crippen LogP) is 10.5. The van der Waals surface area contributed by atoms with E-state index in [1.54, 1.807) is 27.8 Å². The molecule has 0 atom stereocenters. The molecule has 2 aromatic rings. The van der Waals surface area contributed by atoms with Gasteiger partial charge in [-0.3, -0.25) is 0 Å². The molecule has 0 radical (unpaired) electrons. The van der Waals surface area contributed by atoms with Gasteiger partial charge in [0.1, 0.15) is 0 Å². The monoisotopic (exact) mass is 572 g/mol. The second-order valence-corrected chi connectivity index (χ2v) is 14.6. The van der Waals surface area contributed by atoms with Gasteiger partial charge in [0.2, 0.25) is 0 Å². The number of rotatable bonds is 6. The van der Waals surface area contributed by atoms with Gasteiger partial charge in [0.25, 0.3) is 0 Å². The molecule has 0 nitrogen and oxygen atoms in total. The van der Waals surface area contributed by atoms with Gasteiger partial charge in [-0.2, -0.15) is 40.5 Å². The molecule has 2 aromatic carbocycles. The molecule has 0 heterocycles. The predicted molar refractivity (Wildman–Crippen MR) is 155 cm³/mol. The normalized spacial score (nSPS) is 12.7. The molecule has 0 amide bonds. The Morgan fingerprint density at radius 3 is 1.47 bits per heavy atom. The summed E-state index contributed by atoms with van der Waals surface area (Å²) in [5, 5.41) is 1.13. The van der Waals surface area contributed by atoms with Crippen molar-refractivity contribution in [3.63, 3.8) is 0 Å². The van der Waals surface area contributed by atoms with Crippen LogP contribution in [0.1, 0.15) is 137 Å². The van der Waals surface area contributed by atoms with E-state index in [0.717, 1.165) is 5.33 Å². The van der Waals surface area contributed by atoms with E-state index in [0.29, 0.717) is 0 Å². The second-order valence-electron chi connectivity index (χ2n) is 13.8. The maximum absolute atomic E-state index is 3.58. The van der Waals surface area contributed by atoms with Crippen molar-refractivity contribution in [2.45, 2.75) is 137 Å². The Hall–Kier alpha value is -0.301. The van der Waals surface area contributed by atoms with Gasteiger partial charge in [0, 0.05) is 5.33 Å². The van der Waals surface area contributed by atoms with Crippen molar-refractivity contribution in [2.75, 3.05) is 5.33 Å². The molecule has 0 spiro atoms. The zero-order valence-corrected chi connectivity index (χ0v) is 27.1. The first-order chi connectivity index (χ1) is 14.9. The maximum Gasteiger partial charge on any atom is 2.00 e. The van der Waals surface area contributed by atoms with Crippen LogP contribution in [0, 0.1) is 0 Å². The molecular formula is C32H53BrFe. The van der Waals surface area contributed by atoms with Crippen LogP contribution < -0.4 is 0 Å². The summed E-state index contributed by atoms with van der Waals surface area (Å²) in [5.41, 5.74) is 8.87. The second kappa shape index (κ2) is 13.3. The van der Waals surface area contributed by atoms with E-state index in [2.05, 4.69) is 99.0 Å². The Labute approximate surface area is 232 Å². The third kappa shape index (κ3) is 9.63. The molecule has 196 valence electrons. The van der Waals surface area contributed by atoms with Gasteiger partial charge in [0.05, 0.1) is 0 Å². The average molecular weight is 574 g/mol. The Balaban J connectivity index is 0.00000160. The fourth-order valence-corrected chi connectivity index (χ4v) is 5.55. The number of halogens is 1. The summed E-state index contributed by atoms with van der Waals surface area (Å²) in [6.07, 6.45) is 6.48. The summed E-state index contributed by atoms with van der Waals surface area (Å²) in [4.78, 5) is 0. The van der Waals surface area contributed by atoms with E-state index < -0.39 is 0 Å². The molecule has 0 saturated heterocycles. The number of hydrogen-bond donors (Lipinski definition) is 0. The van der Waals surface area contributed by atoms with Crippen molar-refractivity contribution in [2.24, 2.45) is 0 Å². The van der Waals surface area contributed by atoms with E-state index >= 15 is 0 Å². The minimum absolute atomic E-state index is 0. The molecular weight excluding hydrogens is 520 g/mol. The quantitative estimate of drug-likeness (QED) is 0.140. The van der Waals surface area contributed by atoms with Crippen molar-refractivity contribution >= 4 is 15.9 Å². The van der Waals surface area contributed by atoms with E-state index in [4.69, 9.17) is 0 Å². The zero-order valence-electron chi connectivity index (χ0n) is 24.4. The van der Waals surface area contributed by atoms with Crippen LogP contribution >= 0.6 is 15.9 Å². The van der Waals surface area contributed by atoms with Crippen LogP contribution in [0.3, 0.4) is 0 Å². The average Bonchev–Trinajstić information content (AvgIpc) is 3.29. The Kier molecular flexibility index (Phi) is 13.2. The zero-order chi connectivity index (χ0) is 25.7. The van der Waals surface area contributed by atoms with Gasteiger partial charge in [-0.1, -0.05) is 141 Å². The maximum atomic E-state index is 3.58. The molecule has 0 aliphatic carbocycles. The third-order valence-corrected chi connectivity index (χ3v) is 6.78. The summed E-state index contributed by atoms with van der Waals surface area (Å²) < 4.78 is 0. The molecule has 2 heteroatoms. The van der Waals surface area contributed by atoms with E-state index in [9.17, 15) is 0 Å². The minimum Gasteiger partial charge on any atom is -0.214 e. The van der Waals surface area contributed by atoms with Gasteiger partial charge < -0.3 is 0 Å². The molecule has 0 N–H and O–H groups in total. The van der Waals surface area contributed by atoms with E-state index in [1.807, 2.05) is 30.3 Å². The van der Waals surface area contributed by atoms with E-state index in [1.165, 1.54) is 32.1 Å². The first-order valence-electron chi connectivity index (χ1n) is 13.0. The molecule has 0 unspecified atom stereocenters. The van der Waals surface area contributed by atoms with Crippen LogP contribution in [0.2, 0.25) is 0 Å². The Morgan fingerprint density at radius 2 is 1.15 bits per heavy atom. The van der Waals surface area contributed by atoms with Crippen LogP contribution in [0.15, 0.2) is 30.3 Å². The SMILES string of the molecule is CC(C)(C)c1c(C(C)(C)C)c(C(C)(C)C)[c-](C(C)(C)C)c1CCCCCCBr.[Fe+2].c1cc[cH-]c1. The van der Waals surface area contributed by atoms with Crippen LogP contribution in [-0.4, -0.2) is 5.33 Å². The van der Waals surface area contributed by atoms with Crippen molar-refractivity contribution in [1.82, 2.24) is 0 Å². The smallest absolute Gasteiger partial charge is 0.214 e. The summed E-state index contributed by atoms with van der Waals surface area (Å²) in [5.74, 6) is 0. The Bertz CT molecular complexity index is 742. The number of unbranched alkanes of at least 4 members (excludes halogenated alkanes) is 3. The fourth-order valence-electron chi connectivity index (χ4n) is 5.15. The number of alkyl halides is 1. The molecule has 0 fully saturated rings. The summed E-state index contributed by atoms with van der Waals surface area (Å²) in [6.45, 7) is 29.0. The van der Waals surface area contributed by atoms with Crippen LogP contribution in [0.5, 0.6) is 0 Å². The Morgan fingerprint density at radius 1 is 0.676 bits per heavy atom. The molecule has 0 saturated carbocycles. The summed E-state index contributed by atoms with van der Waals surface area (Å²) >= 11 is 3.58. The van der Waals surface area contributed by atoms with Crippen LogP contribution in [0.25, 0.3) is 0 Å². The van der Waals surface area contributed by atoms with E-state index in [-0.39, 0.29) is 38.7 Å². The minimum atomic E-state index is 0. The summed E-state index contributed by atoms with van der Waals surface area (Å²) in [7, 11) is 0. The molecule has 0 aromatic heterocycles. The molecule has 2 rings (SSSR count). The standard InChI is InChI=1S/C27H48Br.C5H5.Fe/c1-24(2,3)20-19(17-15-13-14-16-18-28)21(25(4,5)6)23(27(10,11)12)22(20)26(7,8)9;1-2-4-5-3-1;/h13-18H2,1-12H3;1-5H;/q2*-1;+2. The van der Waals surface area contributed by atoms with Crippen molar-refractivity contribution in [3.8, 4) is 0 Å². The van der Waals surface area contributed by atoms with Crippen molar-refractivity contribution in [3.05, 3.63) is 58.1 Å². The van der Waals surface area contributed by atoms with Crippen LogP contribution in [0.4, 0.5) is 0 Å². The van der Waals surface area contributed by atoms with Crippen LogP contribution in [-0.2, 0) is 45.1 Å². The molecule has 0 bridgehead atoms. The van der Waals surface area contributed by atoms with Crippen molar-refractivity contribution in [1.29, 1.82) is 0 Å². The summed E-state index contributed by atoms with van der Waals surface area (Å²) in [6, 6.07) is 10.0. The first-order valence-corrected chi connectivity index (χ1v) is 14.2. The topological polar surface area (TPSA) is 0 Å². The van der Waals surface area contributed by atoms with Crippen molar-refractivity contribution < 1.29 is 17.1 Å². The van der Waals surface area contributed by atoms with Gasteiger partial charge in [0.15, 0.2) is 0 Å². The molecule has 0 aliphatic rings. The molecule has 0 aliphatic heterocycles. The van der Waals surface area contributed by atoms with Gasteiger partial charge in [-0.15, -0.1) is 5.56 Å². The largest absolute Gasteiger partial charge is 2.00 e. The number of hydrogen-bond acceptors (Lipinski definition) is 0. The third-order valence-electron chi connectivity index (χ3n) is 6.22. The van der Waals surface area contributed by atoms with Gasteiger partial charge >= 0.3 is 17.1 Å². The van der Waals surface area contributed by atoms with Gasteiger partial charge in [-0.05, 0) is 11.8 Å². The molecule has 34 heavy (non-hydrogen) atoms.